The number of likely N-dealkylation sites (tertiary alicyclic amines) is 1. The van der Waals surface area contributed by atoms with Gasteiger partial charge in [0.15, 0.2) is 5.82 Å². The highest BCUT2D eigenvalue weighted by Gasteiger charge is 2.65. The molecule has 4 N–H and O–H groups in total. The molecular formula is C34H41N7O3. The number of hydrogen-bond donors (Lipinski definition) is 3. The van der Waals surface area contributed by atoms with Crippen molar-refractivity contribution in [2.45, 2.75) is 62.8 Å². The van der Waals surface area contributed by atoms with Gasteiger partial charge in [0, 0.05) is 43.0 Å². The second-order valence-corrected chi connectivity index (χ2v) is 13.9. The molecule has 3 aromatic rings. The van der Waals surface area contributed by atoms with Crippen LogP contribution in [0, 0.1) is 29.6 Å². The Kier molecular flexibility index (Phi) is 6.92. The number of aromatic nitrogens is 4. The fourth-order valence-corrected chi connectivity index (χ4v) is 9.33. The highest BCUT2D eigenvalue weighted by Crippen LogP contribution is 2.68. The molecule has 44 heavy (non-hydrogen) atoms. The van der Waals surface area contributed by atoms with Gasteiger partial charge in [-0.05, 0) is 111 Å². The predicted molar refractivity (Wildman–Crippen MR) is 166 cm³/mol. The minimum atomic E-state index is -0.626. The van der Waals surface area contributed by atoms with Crippen molar-refractivity contribution in [3.8, 4) is 17.0 Å². The van der Waals surface area contributed by atoms with Crippen molar-refractivity contribution in [1.29, 1.82) is 0 Å². The molecule has 10 nitrogen and oxygen atoms in total. The van der Waals surface area contributed by atoms with E-state index in [0.29, 0.717) is 52.7 Å². The number of nitrogens with zero attached hydrogens (tertiary/aromatic N) is 6. The highest BCUT2D eigenvalue weighted by molar-refractivity contribution is 5.74. The van der Waals surface area contributed by atoms with Crippen molar-refractivity contribution in [1.82, 2.24) is 25.1 Å². The van der Waals surface area contributed by atoms with Crippen molar-refractivity contribution >= 4 is 17.5 Å². The number of aromatic hydroxyl groups is 1. The molecule has 0 spiro atoms. The van der Waals surface area contributed by atoms with Gasteiger partial charge < -0.3 is 25.7 Å². The summed E-state index contributed by atoms with van der Waals surface area (Å²) in [6.45, 7) is 4.05. The average Bonchev–Trinajstić information content (AvgIpc) is 3.64. The van der Waals surface area contributed by atoms with Crippen molar-refractivity contribution in [3.63, 3.8) is 0 Å². The Balaban J connectivity index is 0.884. The van der Waals surface area contributed by atoms with Crippen LogP contribution in [0.15, 0.2) is 42.7 Å². The van der Waals surface area contributed by atoms with E-state index < -0.39 is 5.97 Å². The van der Waals surface area contributed by atoms with Gasteiger partial charge in [0.25, 0.3) is 0 Å². The lowest BCUT2D eigenvalue weighted by atomic mass is 9.83. The van der Waals surface area contributed by atoms with Crippen molar-refractivity contribution in [2.24, 2.45) is 29.6 Å². The molecule has 1 aromatic carbocycles. The summed E-state index contributed by atoms with van der Waals surface area (Å²) >= 11 is 0. The summed E-state index contributed by atoms with van der Waals surface area (Å²) in [5.41, 5.74) is 9.80. The number of carboxylic acid groups (broad SMARTS) is 1. The first-order chi connectivity index (χ1) is 21.4. The van der Waals surface area contributed by atoms with Crippen LogP contribution < -0.4 is 10.6 Å². The summed E-state index contributed by atoms with van der Waals surface area (Å²) in [5.74, 6) is 4.37. The van der Waals surface area contributed by atoms with Crippen molar-refractivity contribution in [2.75, 3.05) is 36.8 Å². The maximum Gasteiger partial charge on any atom is 0.306 e. The Hall–Kier alpha value is -3.79. The Labute approximate surface area is 257 Å². The zero-order valence-corrected chi connectivity index (χ0v) is 25.0. The summed E-state index contributed by atoms with van der Waals surface area (Å²) in [4.78, 5) is 26.2. The van der Waals surface area contributed by atoms with E-state index in [-0.39, 0.29) is 11.7 Å². The molecule has 0 radical (unpaired) electrons. The van der Waals surface area contributed by atoms with E-state index in [2.05, 4.69) is 32.4 Å². The first kappa shape index (κ1) is 27.7. The molecular weight excluding hydrogens is 554 g/mol. The molecule has 8 rings (SSSR count). The Morgan fingerprint density at radius 2 is 1.68 bits per heavy atom. The van der Waals surface area contributed by atoms with Gasteiger partial charge in [0.2, 0.25) is 0 Å². The first-order valence-electron chi connectivity index (χ1n) is 16.4. The lowest BCUT2D eigenvalue weighted by Crippen LogP contribution is -2.43. The van der Waals surface area contributed by atoms with E-state index in [0.717, 1.165) is 88.6 Å². The SMILES string of the molecule is Nc1nnc(-c2ccccc2O)cc1N1CC2CC(c3ncc(C4CCN([C@H]5CC[C@@H](C(=O)O)CC5)CC4)cn3)[C@H]3C(C1)C23. The molecule has 4 unspecified atom stereocenters. The zero-order chi connectivity index (χ0) is 29.9. The number of carbonyl (C=O) groups is 1. The van der Waals surface area contributed by atoms with Crippen molar-refractivity contribution in [3.05, 3.63) is 54.1 Å². The fraction of sp³-hybridized carbons (Fsp3) is 0.559. The predicted octanol–water partition coefficient (Wildman–Crippen LogP) is 4.53. The van der Waals surface area contributed by atoms with Crippen molar-refractivity contribution < 1.29 is 15.0 Å². The number of nitrogens with two attached hydrogens (primary N) is 1. The third kappa shape index (κ3) is 4.87. The number of fused-ring (bicyclic) bond motifs is 1. The molecule has 5 atom stereocenters. The molecule has 2 aliphatic heterocycles. The molecule has 0 bridgehead atoms. The topological polar surface area (TPSA) is 142 Å². The molecule has 3 aliphatic carbocycles. The summed E-state index contributed by atoms with van der Waals surface area (Å²) < 4.78 is 0. The average molecular weight is 596 g/mol. The number of carboxylic acids is 1. The summed E-state index contributed by atoms with van der Waals surface area (Å²) in [7, 11) is 0. The van der Waals surface area contributed by atoms with Crippen LogP contribution in [0.4, 0.5) is 11.5 Å². The number of phenols is 1. The molecule has 10 heteroatoms. The van der Waals surface area contributed by atoms with Gasteiger partial charge >= 0.3 is 5.97 Å². The second-order valence-electron chi connectivity index (χ2n) is 13.9. The number of piperidine rings is 2. The van der Waals surface area contributed by atoms with E-state index in [1.165, 1.54) is 5.56 Å². The van der Waals surface area contributed by atoms with Crippen LogP contribution in [0.5, 0.6) is 5.75 Å². The van der Waals surface area contributed by atoms with Gasteiger partial charge in [-0.25, -0.2) is 9.97 Å². The highest BCUT2D eigenvalue weighted by atomic mass is 16.4. The Morgan fingerprint density at radius 3 is 2.39 bits per heavy atom. The summed E-state index contributed by atoms with van der Waals surface area (Å²) in [5, 5.41) is 28.2. The van der Waals surface area contributed by atoms with Gasteiger partial charge in [-0.2, -0.15) is 0 Å². The quantitative estimate of drug-likeness (QED) is 0.372. The number of phenolic OH excluding ortho intramolecular Hbond substituents is 1. The van der Waals surface area contributed by atoms with Crippen LogP contribution in [0.2, 0.25) is 0 Å². The number of hydrogen-bond acceptors (Lipinski definition) is 9. The van der Waals surface area contributed by atoms with Crippen LogP contribution in [0.25, 0.3) is 11.3 Å². The first-order valence-corrected chi connectivity index (χ1v) is 16.4. The van der Waals surface area contributed by atoms with Gasteiger partial charge in [-0.1, -0.05) is 12.1 Å². The fourth-order valence-electron chi connectivity index (χ4n) is 9.33. The van der Waals surface area contributed by atoms with Crippen LogP contribution in [0.1, 0.15) is 68.2 Å². The Morgan fingerprint density at radius 1 is 0.932 bits per heavy atom. The van der Waals surface area contributed by atoms with Crippen LogP contribution >= 0.6 is 0 Å². The van der Waals surface area contributed by atoms with Crippen LogP contribution in [0.3, 0.4) is 0 Å². The normalized spacial score (nSPS) is 31.9. The maximum atomic E-state index is 11.3. The van der Waals surface area contributed by atoms with E-state index in [4.69, 9.17) is 15.7 Å². The van der Waals surface area contributed by atoms with E-state index in [1.54, 1.807) is 12.1 Å². The van der Waals surface area contributed by atoms with E-state index >= 15 is 0 Å². The minimum absolute atomic E-state index is 0.148. The molecule has 2 saturated heterocycles. The third-order valence-electron chi connectivity index (χ3n) is 11.7. The number of anilines is 2. The lowest BCUT2D eigenvalue weighted by molar-refractivity contribution is -0.143. The number of nitrogen functional groups attached to an aromatic ring is 1. The van der Waals surface area contributed by atoms with Gasteiger partial charge in [-0.3, -0.25) is 4.79 Å². The van der Waals surface area contributed by atoms with Gasteiger partial charge in [-0.15, -0.1) is 10.2 Å². The van der Waals surface area contributed by atoms with E-state index in [1.807, 2.05) is 18.2 Å². The lowest BCUT2D eigenvalue weighted by Gasteiger charge is -2.40. The van der Waals surface area contributed by atoms with E-state index in [9.17, 15) is 15.0 Å². The molecule has 230 valence electrons. The second kappa shape index (κ2) is 11.0. The monoisotopic (exact) mass is 595 g/mol. The van der Waals surface area contributed by atoms with Crippen LogP contribution in [-0.2, 0) is 4.79 Å². The molecule has 5 aliphatic rings. The molecule has 0 amide bonds. The zero-order valence-electron chi connectivity index (χ0n) is 25.0. The largest absolute Gasteiger partial charge is 0.507 e. The standard InChI is InChI=1S/C34H41N7O3/c35-32-28(14-27(38-39-32)24-3-1-2-4-29(24)42)41-17-21-13-25(31-26(18-41)30(21)31)33-36-15-22(16-37-33)19-9-11-40(12-10-19)23-7-5-20(6-8-23)34(43)44/h1-4,14-16,19-21,23,25-26,30-31,42H,5-13,17-18H2,(H2,35,39)(H,43,44)/t20-,21?,23+,25?,26?,30?,31-/m0/s1. The Bertz CT molecular complexity index is 1530. The van der Waals surface area contributed by atoms with Crippen LogP contribution in [-0.4, -0.2) is 73.5 Å². The number of benzene rings is 1. The van der Waals surface area contributed by atoms with Gasteiger partial charge in [0.1, 0.15) is 11.6 Å². The summed E-state index contributed by atoms with van der Waals surface area (Å²) in [6, 6.07) is 9.72. The smallest absolute Gasteiger partial charge is 0.306 e. The van der Waals surface area contributed by atoms with Gasteiger partial charge in [0.05, 0.1) is 17.3 Å². The molecule has 4 heterocycles. The third-order valence-corrected chi connectivity index (χ3v) is 11.7. The number of rotatable bonds is 6. The number of para-hydroxylation sites is 1. The molecule has 5 fully saturated rings. The maximum absolute atomic E-state index is 11.3. The molecule has 2 aromatic heterocycles. The molecule has 3 saturated carbocycles. The summed E-state index contributed by atoms with van der Waals surface area (Å²) in [6.07, 6.45) is 11.2. The minimum Gasteiger partial charge on any atom is -0.507 e. The number of aliphatic carboxylic acids is 1.